The standard InChI is InChI=1S/C12H14N2O2S2/c1-9(12-3-2-8-17-12)14-18(15,16)11-6-4-10(13)5-7-11/h2-9,14H,13H2,1H3. The van der Waals surface area contributed by atoms with Crippen molar-refractivity contribution in [2.24, 2.45) is 0 Å². The predicted octanol–water partition coefficient (Wildman–Crippen LogP) is 2.37. The second kappa shape index (κ2) is 5.09. The molecule has 0 amide bonds. The molecule has 0 saturated heterocycles. The quantitative estimate of drug-likeness (QED) is 0.846. The van der Waals surface area contributed by atoms with E-state index in [1.807, 2.05) is 24.4 Å². The molecule has 0 aliphatic heterocycles. The van der Waals surface area contributed by atoms with Crippen LogP contribution < -0.4 is 10.5 Å². The van der Waals surface area contributed by atoms with E-state index in [4.69, 9.17) is 5.73 Å². The summed E-state index contributed by atoms with van der Waals surface area (Å²) in [5, 5.41) is 1.92. The first-order valence-corrected chi connectivity index (χ1v) is 7.76. The minimum absolute atomic E-state index is 0.222. The zero-order valence-corrected chi connectivity index (χ0v) is 11.5. The van der Waals surface area contributed by atoms with E-state index in [9.17, 15) is 8.42 Å². The Kier molecular flexibility index (Phi) is 3.70. The Labute approximate surface area is 111 Å². The van der Waals surface area contributed by atoms with Gasteiger partial charge in [0, 0.05) is 10.6 Å². The molecular formula is C12H14N2O2S2. The molecule has 6 heteroatoms. The van der Waals surface area contributed by atoms with Gasteiger partial charge < -0.3 is 5.73 Å². The molecule has 18 heavy (non-hydrogen) atoms. The summed E-state index contributed by atoms with van der Waals surface area (Å²) in [4.78, 5) is 1.20. The molecule has 0 aliphatic carbocycles. The predicted molar refractivity (Wildman–Crippen MR) is 73.9 cm³/mol. The van der Waals surface area contributed by atoms with Crippen molar-refractivity contribution in [3.05, 3.63) is 46.7 Å². The lowest BCUT2D eigenvalue weighted by molar-refractivity contribution is 0.568. The Morgan fingerprint density at radius 1 is 1.22 bits per heavy atom. The van der Waals surface area contributed by atoms with Gasteiger partial charge in [-0.2, -0.15) is 0 Å². The first-order valence-electron chi connectivity index (χ1n) is 5.40. The van der Waals surface area contributed by atoms with E-state index in [1.54, 1.807) is 12.1 Å². The molecule has 0 spiro atoms. The van der Waals surface area contributed by atoms with Gasteiger partial charge in [0.15, 0.2) is 0 Å². The molecule has 1 unspecified atom stereocenters. The molecule has 3 N–H and O–H groups in total. The number of nitrogens with two attached hydrogens (primary N) is 1. The molecular weight excluding hydrogens is 268 g/mol. The third-order valence-corrected chi connectivity index (χ3v) is 5.10. The Hall–Kier alpha value is -1.37. The first-order chi connectivity index (χ1) is 8.49. The van der Waals surface area contributed by atoms with E-state index in [0.717, 1.165) is 4.88 Å². The molecule has 1 atom stereocenters. The van der Waals surface area contributed by atoms with Gasteiger partial charge in [-0.15, -0.1) is 11.3 Å². The van der Waals surface area contributed by atoms with E-state index < -0.39 is 10.0 Å². The van der Waals surface area contributed by atoms with Crippen molar-refractivity contribution in [1.29, 1.82) is 0 Å². The summed E-state index contributed by atoms with van der Waals surface area (Å²) in [7, 11) is -3.50. The lowest BCUT2D eigenvalue weighted by Gasteiger charge is -2.12. The summed E-state index contributed by atoms with van der Waals surface area (Å²) in [6.07, 6.45) is 0. The van der Waals surface area contributed by atoms with Crippen LogP contribution in [0.15, 0.2) is 46.7 Å². The fourth-order valence-corrected chi connectivity index (χ4v) is 3.58. The Bertz CT molecular complexity index is 604. The number of nitrogen functional groups attached to an aromatic ring is 1. The van der Waals surface area contributed by atoms with Gasteiger partial charge in [0.2, 0.25) is 10.0 Å². The van der Waals surface area contributed by atoms with Crippen LogP contribution in [0.4, 0.5) is 5.69 Å². The fourth-order valence-electron chi connectivity index (χ4n) is 1.54. The number of hydrogen-bond donors (Lipinski definition) is 2. The molecule has 0 saturated carbocycles. The fraction of sp³-hybridized carbons (Fsp3) is 0.167. The molecule has 0 radical (unpaired) electrons. The summed E-state index contributed by atoms with van der Waals surface area (Å²) in [6, 6.07) is 9.70. The maximum absolute atomic E-state index is 12.1. The molecule has 0 aliphatic rings. The van der Waals surface area contributed by atoms with Gasteiger partial charge in [-0.05, 0) is 42.6 Å². The van der Waals surface area contributed by atoms with Crippen LogP contribution in [0.5, 0.6) is 0 Å². The molecule has 2 rings (SSSR count). The molecule has 0 fully saturated rings. The Morgan fingerprint density at radius 2 is 1.89 bits per heavy atom. The van der Waals surface area contributed by atoms with Crippen molar-refractivity contribution in [2.75, 3.05) is 5.73 Å². The van der Waals surface area contributed by atoms with E-state index in [1.165, 1.54) is 23.5 Å². The highest BCUT2D eigenvalue weighted by Gasteiger charge is 2.18. The van der Waals surface area contributed by atoms with Crippen molar-refractivity contribution >= 4 is 27.0 Å². The number of sulfonamides is 1. The molecule has 1 heterocycles. The second-order valence-corrected chi connectivity index (χ2v) is 6.62. The highest BCUT2D eigenvalue weighted by atomic mass is 32.2. The second-order valence-electron chi connectivity index (χ2n) is 3.93. The van der Waals surface area contributed by atoms with Crippen LogP contribution in [0.1, 0.15) is 17.8 Å². The molecule has 96 valence electrons. The maximum atomic E-state index is 12.1. The zero-order valence-electron chi connectivity index (χ0n) is 9.83. The van der Waals surface area contributed by atoms with Crippen LogP contribution in [0.2, 0.25) is 0 Å². The van der Waals surface area contributed by atoms with Gasteiger partial charge in [0.05, 0.1) is 10.9 Å². The first kappa shape index (κ1) is 13.1. The topological polar surface area (TPSA) is 72.2 Å². The van der Waals surface area contributed by atoms with Crippen molar-refractivity contribution in [3.8, 4) is 0 Å². The lowest BCUT2D eigenvalue weighted by atomic mass is 10.3. The van der Waals surface area contributed by atoms with E-state index in [2.05, 4.69) is 4.72 Å². The van der Waals surface area contributed by atoms with Gasteiger partial charge in [-0.3, -0.25) is 0 Å². The minimum atomic E-state index is -3.50. The van der Waals surface area contributed by atoms with Gasteiger partial charge in [-0.1, -0.05) is 6.07 Å². The van der Waals surface area contributed by atoms with Crippen molar-refractivity contribution in [3.63, 3.8) is 0 Å². The highest BCUT2D eigenvalue weighted by molar-refractivity contribution is 7.89. The molecule has 1 aromatic carbocycles. The number of thiophene rings is 1. The lowest BCUT2D eigenvalue weighted by Crippen LogP contribution is -2.26. The van der Waals surface area contributed by atoms with Crippen LogP contribution in [0.25, 0.3) is 0 Å². The van der Waals surface area contributed by atoms with Gasteiger partial charge >= 0.3 is 0 Å². The average molecular weight is 282 g/mol. The van der Waals surface area contributed by atoms with Gasteiger partial charge in [0.25, 0.3) is 0 Å². The largest absolute Gasteiger partial charge is 0.399 e. The zero-order chi connectivity index (χ0) is 13.2. The number of benzene rings is 1. The number of anilines is 1. The SMILES string of the molecule is CC(NS(=O)(=O)c1ccc(N)cc1)c1cccs1. The van der Waals surface area contributed by atoms with Crippen molar-refractivity contribution in [1.82, 2.24) is 4.72 Å². The molecule has 4 nitrogen and oxygen atoms in total. The average Bonchev–Trinajstić information content (AvgIpc) is 2.82. The Morgan fingerprint density at radius 3 is 2.44 bits per heavy atom. The monoisotopic (exact) mass is 282 g/mol. The summed E-state index contributed by atoms with van der Waals surface area (Å²) < 4.78 is 26.8. The number of nitrogens with one attached hydrogen (secondary N) is 1. The van der Waals surface area contributed by atoms with Crippen LogP contribution in [-0.4, -0.2) is 8.42 Å². The molecule has 0 bridgehead atoms. The number of rotatable bonds is 4. The Balaban J connectivity index is 2.20. The van der Waals surface area contributed by atoms with Crippen molar-refractivity contribution < 1.29 is 8.42 Å². The smallest absolute Gasteiger partial charge is 0.241 e. The van der Waals surface area contributed by atoms with Crippen LogP contribution in [-0.2, 0) is 10.0 Å². The van der Waals surface area contributed by atoms with Crippen molar-refractivity contribution in [2.45, 2.75) is 17.9 Å². The number of hydrogen-bond acceptors (Lipinski definition) is 4. The van der Waals surface area contributed by atoms with Crippen LogP contribution >= 0.6 is 11.3 Å². The summed E-state index contributed by atoms with van der Waals surface area (Å²) in [6.45, 7) is 1.82. The van der Waals surface area contributed by atoms with E-state index >= 15 is 0 Å². The van der Waals surface area contributed by atoms with Gasteiger partial charge in [-0.25, -0.2) is 13.1 Å². The maximum Gasteiger partial charge on any atom is 0.241 e. The molecule has 1 aromatic heterocycles. The normalized spacial score (nSPS) is 13.4. The van der Waals surface area contributed by atoms with E-state index in [-0.39, 0.29) is 10.9 Å². The molecule has 2 aromatic rings. The summed E-state index contributed by atoms with van der Waals surface area (Å²) >= 11 is 1.52. The van der Waals surface area contributed by atoms with Gasteiger partial charge in [0.1, 0.15) is 0 Å². The van der Waals surface area contributed by atoms with Crippen LogP contribution in [0.3, 0.4) is 0 Å². The summed E-state index contributed by atoms with van der Waals surface area (Å²) in [5.41, 5.74) is 6.08. The van der Waals surface area contributed by atoms with Crippen LogP contribution in [0, 0.1) is 0 Å². The van der Waals surface area contributed by atoms with E-state index in [0.29, 0.717) is 5.69 Å². The summed E-state index contributed by atoms with van der Waals surface area (Å²) in [5.74, 6) is 0. The minimum Gasteiger partial charge on any atom is -0.399 e. The third-order valence-electron chi connectivity index (χ3n) is 2.49. The third kappa shape index (κ3) is 2.90. The highest BCUT2D eigenvalue weighted by Crippen LogP contribution is 2.21.